The summed E-state index contributed by atoms with van der Waals surface area (Å²) in [6.45, 7) is 0.558. The van der Waals surface area contributed by atoms with Crippen LogP contribution in [0.3, 0.4) is 0 Å². The summed E-state index contributed by atoms with van der Waals surface area (Å²) in [5.74, 6) is 0.794. The number of carbonyl (C=O) groups excluding carboxylic acids is 1. The second-order valence-electron chi connectivity index (χ2n) is 6.64. The van der Waals surface area contributed by atoms with Gasteiger partial charge in [0.2, 0.25) is 16.1 Å². The molecule has 1 atom stereocenters. The monoisotopic (exact) mass is 388 g/mol. The van der Waals surface area contributed by atoms with Crippen molar-refractivity contribution in [2.45, 2.75) is 18.9 Å². The van der Waals surface area contributed by atoms with Crippen molar-refractivity contribution in [2.24, 2.45) is 0 Å². The maximum Gasteiger partial charge on any atom is 0.269 e. The average molecular weight is 388 g/mol. The van der Waals surface area contributed by atoms with Gasteiger partial charge in [-0.2, -0.15) is 0 Å². The van der Waals surface area contributed by atoms with Gasteiger partial charge in [-0.1, -0.05) is 18.2 Å². The first kappa shape index (κ1) is 17.7. The molecule has 0 fully saturated rings. The summed E-state index contributed by atoms with van der Waals surface area (Å²) < 4.78 is 36.8. The minimum absolute atomic E-state index is 0.114. The second-order valence-corrected chi connectivity index (χ2v) is 8.54. The van der Waals surface area contributed by atoms with Gasteiger partial charge in [0.15, 0.2) is 11.5 Å². The van der Waals surface area contributed by atoms with Crippen LogP contribution in [0.15, 0.2) is 42.5 Å². The summed E-state index contributed by atoms with van der Waals surface area (Å²) in [6.07, 6.45) is 2.00. The van der Waals surface area contributed by atoms with Crippen LogP contribution in [0.25, 0.3) is 0 Å². The molecule has 1 unspecified atom stereocenters. The van der Waals surface area contributed by atoms with Crippen molar-refractivity contribution in [3.05, 3.63) is 48.0 Å². The molecule has 0 radical (unpaired) electrons. The van der Waals surface area contributed by atoms with E-state index in [1.165, 1.54) is 10.6 Å². The van der Waals surface area contributed by atoms with Crippen molar-refractivity contribution in [1.29, 1.82) is 0 Å². The van der Waals surface area contributed by atoms with Crippen LogP contribution in [0.2, 0.25) is 0 Å². The van der Waals surface area contributed by atoms with E-state index in [0.717, 1.165) is 18.4 Å². The maximum absolute atomic E-state index is 12.6. The minimum Gasteiger partial charge on any atom is -0.485 e. The van der Waals surface area contributed by atoms with Crippen molar-refractivity contribution >= 4 is 27.3 Å². The Kier molecular flexibility index (Phi) is 4.43. The molecule has 4 rings (SSSR count). The van der Waals surface area contributed by atoms with Gasteiger partial charge in [-0.15, -0.1) is 0 Å². The minimum atomic E-state index is -3.36. The molecule has 2 aliphatic rings. The molecule has 1 amide bonds. The van der Waals surface area contributed by atoms with Crippen LogP contribution in [0, 0.1) is 0 Å². The van der Waals surface area contributed by atoms with Gasteiger partial charge in [-0.05, 0) is 42.7 Å². The number of ether oxygens (including phenoxy) is 2. The Morgan fingerprint density at radius 3 is 2.74 bits per heavy atom. The fourth-order valence-corrected chi connectivity index (χ4v) is 4.32. The third-order valence-electron chi connectivity index (χ3n) is 4.63. The summed E-state index contributed by atoms with van der Waals surface area (Å²) >= 11 is 0. The van der Waals surface area contributed by atoms with Gasteiger partial charge in [-0.3, -0.25) is 9.10 Å². The molecule has 2 aliphatic heterocycles. The van der Waals surface area contributed by atoms with Crippen molar-refractivity contribution in [2.75, 3.05) is 29.0 Å². The fraction of sp³-hybridized carbons (Fsp3) is 0.316. The van der Waals surface area contributed by atoms with Crippen molar-refractivity contribution in [3.63, 3.8) is 0 Å². The largest absolute Gasteiger partial charge is 0.485 e. The van der Waals surface area contributed by atoms with E-state index in [1.807, 2.05) is 18.2 Å². The molecule has 142 valence electrons. The number of carbonyl (C=O) groups is 1. The summed E-state index contributed by atoms with van der Waals surface area (Å²) in [5, 5.41) is 2.80. The number of amides is 1. The lowest BCUT2D eigenvalue weighted by atomic mass is 10.0. The number of rotatable bonds is 3. The normalized spacial score (nSPS) is 18.6. The number of sulfonamides is 1. The molecule has 0 spiro atoms. The highest BCUT2D eigenvalue weighted by Crippen LogP contribution is 2.33. The third-order valence-corrected chi connectivity index (χ3v) is 5.81. The fourth-order valence-electron chi connectivity index (χ4n) is 3.33. The smallest absolute Gasteiger partial charge is 0.269 e. The summed E-state index contributed by atoms with van der Waals surface area (Å²) in [7, 11) is -3.36. The van der Waals surface area contributed by atoms with Crippen LogP contribution < -0.4 is 19.1 Å². The Hall–Kier alpha value is -2.74. The molecule has 0 aliphatic carbocycles. The van der Waals surface area contributed by atoms with E-state index >= 15 is 0 Å². The molecule has 7 nitrogen and oxygen atoms in total. The van der Waals surface area contributed by atoms with Crippen LogP contribution >= 0.6 is 0 Å². The van der Waals surface area contributed by atoms with E-state index in [9.17, 15) is 13.2 Å². The molecule has 27 heavy (non-hydrogen) atoms. The number of nitrogens with one attached hydrogen (secondary N) is 1. The predicted octanol–water partition coefficient (Wildman–Crippen LogP) is 2.18. The van der Waals surface area contributed by atoms with Crippen LogP contribution in [-0.2, 0) is 21.2 Å². The number of anilines is 2. The standard InChI is InChI=1S/C19H20N2O5S/c1-27(23,24)21-10-4-5-13-8-9-14(11-15(13)21)20-19(22)18-12-25-16-6-2-3-7-17(16)26-18/h2-3,6-9,11,18H,4-5,10,12H2,1H3,(H,20,22). The second kappa shape index (κ2) is 6.77. The number of hydrogen-bond acceptors (Lipinski definition) is 5. The molecule has 0 saturated carbocycles. The van der Waals surface area contributed by atoms with Crippen molar-refractivity contribution in [3.8, 4) is 11.5 Å². The van der Waals surface area contributed by atoms with E-state index in [0.29, 0.717) is 29.4 Å². The van der Waals surface area contributed by atoms with E-state index in [2.05, 4.69) is 5.32 Å². The quantitative estimate of drug-likeness (QED) is 0.871. The lowest BCUT2D eigenvalue weighted by Crippen LogP contribution is -2.40. The zero-order valence-corrected chi connectivity index (χ0v) is 15.7. The van der Waals surface area contributed by atoms with Crippen LogP contribution in [0.5, 0.6) is 11.5 Å². The van der Waals surface area contributed by atoms with Crippen molar-refractivity contribution < 1.29 is 22.7 Å². The van der Waals surface area contributed by atoms with Crippen LogP contribution in [0.1, 0.15) is 12.0 Å². The molecule has 2 heterocycles. The Balaban J connectivity index is 1.53. The van der Waals surface area contributed by atoms with Gasteiger partial charge in [-0.25, -0.2) is 8.42 Å². The molecule has 0 aromatic heterocycles. The van der Waals surface area contributed by atoms with Gasteiger partial charge in [0, 0.05) is 12.2 Å². The SMILES string of the molecule is CS(=O)(=O)N1CCCc2ccc(NC(=O)C3COc4ccccc4O3)cc21. The highest BCUT2D eigenvalue weighted by Gasteiger charge is 2.28. The zero-order valence-electron chi connectivity index (χ0n) is 14.8. The third kappa shape index (κ3) is 3.57. The van der Waals surface area contributed by atoms with E-state index < -0.39 is 16.1 Å². The van der Waals surface area contributed by atoms with Gasteiger partial charge in [0.1, 0.15) is 6.61 Å². The van der Waals surface area contributed by atoms with Gasteiger partial charge >= 0.3 is 0 Å². The molecular weight excluding hydrogens is 368 g/mol. The molecule has 2 aromatic rings. The molecule has 0 bridgehead atoms. The summed E-state index contributed by atoms with van der Waals surface area (Å²) in [4.78, 5) is 12.6. The first-order valence-electron chi connectivity index (χ1n) is 8.72. The topological polar surface area (TPSA) is 84.9 Å². The summed E-state index contributed by atoms with van der Waals surface area (Å²) in [5.41, 5.74) is 2.10. The Labute approximate surface area is 157 Å². The molecule has 1 N–H and O–H groups in total. The summed E-state index contributed by atoms with van der Waals surface area (Å²) in [6, 6.07) is 12.5. The maximum atomic E-state index is 12.6. The van der Waals surface area contributed by atoms with Crippen LogP contribution in [-0.4, -0.2) is 39.8 Å². The molecule has 0 saturated heterocycles. The highest BCUT2D eigenvalue weighted by molar-refractivity contribution is 7.92. The van der Waals surface area contributed by atoms with Gasteiger partial charge < -0.3 is 14.8 Å². The zero-order chi connectivity index (χ0) is 19.0. The van der Waals surface area contributed by atoms with E-state index in [4.69, 9.17) is 9.47 Å². The molecular formula is C19H20N2O5S. The highest BCUT2D eigenvalue weighted by atomic mass is 32.2. The first-order valence-corrected chi connectivity index (χ1v) is 10.6. The first-order chi connectivity index (χ1) is 12.9. The average Bonchev–Trinajstić information content (AvgIpc) is 2.66. The number of benzene rings is 2. The number of nitrogens with zero attached hydrogens (tertiary/aromatic N) is 1. The van der Waals surface area contributed by atoms with Gasteiger partial charge in [0.05, 0.1) is 11.9 Å². The number of aryl methyl sites for hydroxylation is 1. The Morgan fingerprint density at radius 1 is 1.19 bits per heavy atom. The van der Waals surface area contributed by atoms with Crippen LogP contribution in [0.4, 0.5) is 11.4 Å². The number of hydrogen-bond donors (Lipinski definition) is 1. The van der Waals surface area contributed by atoms with E-state index in [1.54, 1.807) is 24.3 Å². The van der Waals surface area contributed by atoms with Crippen molar-refractivity contribution in [1.82, 2.24) is 0 Å². The lowest BCUT2D eigenvalue weighted by molar-refractivity contribution is -0.125. The van der Waals surface area contributed by atoms with Gasteiger partial charge in [0.25, 0.3) is 5.91 Å². The molecule has 2 aromatic carbocycles. The van der Waals surface area contributed by atoms with E-state index in [-0.39, 0.29) is 12.5 Å². The lowest BCUT2D eigenvalue weighted by Gasteiger charge is -2.30. The Bertz CT molecular complexity index is 989. The number of para-hydroxylation sites is 2. The molecule has 8 heteroatoms. The Morgan fingerprint density at radius 2 is 1.96 bits per heavy atom. The predicted molar refractivity (Wildman–Crippen MR) is 102 cm³/mol. The number of fused-ring (bicyclic) bond motifs is 2.